The van der Waals surface area contributed by atoms with Gasteiger partial charge in [-0.15, -0.1) is 0 Å². The lowest BCUT2D eigenvalue weighted by Gasteiger charge is -2.30. The maximum Gasteiger partial charge on any atom is 0.309 e. The second-order valence-corrected chi connectivity index (χ2v) is 11.0. The van der Waals surface area contributed by atoms with E-state index in [0.29, 0.717) is 38.8 Å². The van der Waals surface area contributed by atoms with Gasteiger partial charge in [-0.1, -0.05) is 97.1 Å². The zero-order valence-electron chi connectivity index (χ0n) is 23.4. The highest BCUT2D eigenvalue weighted by molar-refractivity contribution is 5.86. The van der Waals surface area contributed by atoms with Crippen LogP contribution in [0.4, 0.5) is 0 Å². The second-order valence-electron chi connectivity index (χ2n) is 11.0. The monoisotopic (exact) mass is 550 g/mol. The maximum absolute atomic E-state index is 13.4. The molecule has 2 heterocycles. The Hall–Kier alpha value is -4.19. The van der Waals surface area contributed by atoms with Crippen LogP contribution < -0.4 is 5.32 Å². The molecule has 2 aliphatic rings. The lowest BCUT2D eigenvalue weighted by Crippen LogP contribution is -2.40. The molecule has 0 saturated carbocycles. The quantitative estimate of drug-likeness (QED) is 0.333. The molecule has 41 heavy (non-hydrogen) atoms. The van der Waals surface area contributed by atoms with Crippen molar-refractivity contribution in [2.75, 3.05) is 13.1 Å². The number of esters is 1. The number of nitrogens with one attached hydrogen (secondary N) is 1. The molecular weight excluding hydrogens is 512 g/mol. The first-order valence-corrected chi connectivity index (χ1v) is 14.6. The molecule has 5 rings (SSSR count). The van der Waals surface area contributed by atoms with Gasteiger partial charge in [0.2, 0.25) is 11.8 Å². The van der Waals surface area contributed by atoms with E-state index >= 15 is 0 Å². The lowest BCUT2D eigenvalue weighted by atomic mass is 9.94. The summed E-state index contributed by atoms with van der Waals surface area (Å²) in [6, 6.07) is 27.7. The fourth-order valence-corrected chi connectivity index (χ4v) is 5.68. The Kier molecular flexibility index (Phi) is 9.63. The van der Waals surface area contributed by atoms with Crippen molar-refractivity contribution >= 4 is 17.8 Å². The number of carbonyl (C=O) groups is 3. The summed E-state index contributed by atoms with van der Waals surface area (Å²) in [5.41, 5.74) is 4.37. The molecule has 0 fully saturated rings. The molecule has 6 nitrogen and oxygen atoms in total. The van der Waals surface area contributed by atoms with Crippen molar-refractivity contribution in [3.63, 3.8) is 0 Å². The molecule has 0 aliphatic carbocycles. The first-order chi connectivity index (χ1) is 20.1. The number of hydrogen-bond acceptors (Lipinski definition) is 4. The highest BCUT2D eigenvalue weighted by Gasteiger charge is 2.29. The smallest absolute Gasteiger partial charge is 0.309 e. The summed E-state index contributed by atoms with van der Waals surface area (Å²) in [6.07, 6.45) is 6.76. The Bertz CT molecular complexity index is 1350. The van der Waals surface area contributed by atoms with E-state index < -0.39 is 12.0 Å². The third-order valence-corrected chi connectivity index (χ3v) is 8.09. The number of hydrogen-bond donors (Lipinski definition) is 1. The van der Waals surface area contributed by atoms with Crippen LogP contribution in [0.25, 0.3) is 0 Å². The Morgan fingerprint density at radius 1 is 0.854 bits per heavy atom. The Balaban J connectivity index is 1.31. The Morgan fingerprint density at radius 2 is 1.56 bits per heavy atom. The summed E-state index contributed by atoms with van der Waals surface area (Å²) in [5.74, 6) is -1.27. The molecule has 212 valence electrons. The summed E-state index contributed by atoms with van der Waals surface area (Å²) in [4.78, 5) is 42.1. The minimum Gasteiger partial charge on any atom is -0.455 e. The third-order valence-electron chi connectivity index (χ3n) is 8.09. The molecule has 3 aromatic carbocycles. The molecule has 3 atom stereocenters. The van der Waals surface area contributed by atoms with E-state index in [2.05, 4.69) is 17.4 Å². The number of carbonyl (C=O) groups excluding carboxylic acids is 3. The highest BCUT2D eigenvalue weighted by Crippen LogP contribution is 2.25. The molecule has 0 bridgehead atoms. The van der Waals surface area contributed by atoms with Gasteiger partial charge < -0.3 is 15.0 Å². The van der Waals surface area contributed by atoms with E-state index in [0.717, 1.165) is 17.5 Å². The van der Waals surface area contributed by atoms with Crippen molar-refractivity contribution < 1.29 is 19.1 Å². The second kappa shape index (κ2) is 13.9. The third kappa shape index (κ3) is 7.72. The zero-order valence-corrected chi connectivity index (χ0v) is 23.4. The van der Waals surface area contributed by atoms with Crippen molar-refractivity contribution in [3.8, 4) is 0 Å². The van der Waals surface area contributed by atoms with Crippen LogP contribution in [0.5, 0.6) is 0 Å². The summed E-state index contributed by atoms with van der Waals surface area (Å²) in [5, 5.41) is 3.01. The number of amides is 2. The average molecular weight is 551 g/mol. The summed E-state index contributed by atoms with van der Waals surface area (Å²) in [7, 11) is 0. The number of nitrogens with zero attached hydrogens (tertiary/aromatic N) is 1. The van der Waals surface area contributed by atoms with Crippen LogP contribution in [0.1, 0.15) is 54.0 Å². The molecule has 0 spiro atoms. The molecule has 2 aliphatic heterocycles. The Labute approximate surface area is 242 Å². The number of allylic oxidation sites excluding steroid dienone is 2. The van der Waals surface area contributed by atoms with E-state index in [1.165, 1.54) is 11.1 Å². The number of fused-ring (bicyclic) bond motifs is 1. The number of benzene rings is 3. The van der Waals surface area contributed by atoms with Crippen LogP contribution in [0.2, 0.25) is 0 Å². The summed E-state index contributed by atoms with van der Waals surface area (Å²) < 4.78 is 6.08. The first-order valence-electron chi connectivity index (χ1n) is 14.6. The van der Waals surface area contributed by atoms with E-state index in [1.807, 2.05) is 89.8 Å². The van der Waals surface area contributed by atoms with Crippen LogP contribution in [-0.4, -0.2) is 35.8 Å². The van der Waals surface area contributed by atoms with Gasteiger partial charge in [0, 0.05) is 19.5 Å². The number of cyclic esters (lactones) is 1. The molecule has 1 N–H and O–H groups in total. The normalized spacial score (nSPS) is 21.9. The predicted molar refractivity (Wildman–Crippen MR) is 159 cm³/mol. The summed E-state index contributed by atoms with van der Waals surface area (Å²) in [6.45, 7) is 1.39. The van der Waals surface area contributed by atoms with Gasteiger partial charge in [-0.25, -0.2) is 0 Å². The number of rotatable bonds is 5. The fourth-order valence-electron chi connectivity index (χ4n) is 5.68. The molecule has 0 unspecified atom stereocenters. The van der Waals surface area contributed by atoms with Crippen LogP contribution >= 0.6 is 0 Å². The number of ether oxygens (including phenoxy) is 1. The molecule has 0 aromatic heterocycles. The first kappa shape index (κ1) is 28.3. The van der Waals surface area contributed by atoms with Gasteiger partial charge >= 0.3 is 5.97 Å². The summed E-state index contributed by atoms with van der Waals surface area (Å²) >= 11 is 0. The molecule has 0 radical (unpaired) electrons. The van der Waals surface area contributed by atoms with E-state index in [1.54, 1.807) is 0 Å². The van der Waals surface area contributed by atoms with Crippen molar-refractivity contribution in [2.24, 2.45) is 11.8 Å². The van der Waals surface area contributed by atoms with E-state index in [4.69, 9.17) is 4.74 Å². The van der Waals surface area contributed by atoms with Gasteiger partial charge in [-0.2, -0.15) is 0 Å². The molecule has 0 saturated heterocycles. The van der Waals surface area contributed by atoms with Gasteiger partial charge in [-0.3, -0.25) is 14.4 Å². The van der Waals surface area contributed by atoms with Crippen LogP contribution in [-0.2, 0) is 38.5 Å². The lowest BCUT2D eigenvalue weighted by molar-refractivity contribution is -0.155. The highest BCUT2D eigenvalue weighted by atomic mass is 16.5. The van der Waals surface area contributed by atoms with Crippen LogP contribution in [0.3, 0.4) is 0 Å². The van der Waals surface area contributed by atoms with Gasteiger partial charge in [-0.05, 0) is 54.4 Å². The molecule has 6 heteroatoms. The minimum atomic E-state index is -0.616. The van der Waals surface area contributed by atoms with Crippen molar-refractivity contribution in [3.05, 3.63) is 119 Å². The molecular formula is C35H38N2O4. The predicted octanol–water partition coefficient (Wildman–Crippen LogP) is 5.58. The minimum absolute atomic E-state index is 0.00803. The fraction of sp³-hybridized carbons (Fsp3) is 0.343. The van der Waals surface area contributed by atoms with Crippen LogP contribution in [0.15, 0.2) is 97.1 Å². The van der Waals surface area contributed by atoms with Gasteiger partial charge in [0.05, 0.1) is 18.4 Å². The largest absolute Gasteiger partial charge is 0.455 e. The molecule has 3 aromatic rings. The Morgan fingerprint density at radius 3 is 2.34 bits per heavy atom. The average Bonchev–Trinajstić information content (AvgIpc) is 3.02. The molecule has 2 amide bonds. The zero-order chi connectivity index (χ0) is 28.4. The van der Waals surface area contributed by atoms with E-state index in [-0.39, 0.29) is 36.7 Å². The SMILES string of the molecule is O=C1NC[C@@H](c2ccccc2)OC(=O)[C@@H](Cc2ccccc2)CCC=CC[C@@H]1CC(=O)N1CCc2ccccc2C1. The standard InChI is InChI=1S/C35H38N2O4/c38-33(37-21-20-27-14-10-11-19-31(27)25-37)23-29-17-8-3-9-18-30(22-26-12-4-1-5-13-26)35(40)41-32(24-36-34(29)39)28-15-6-2-7-16-28/h1-8,10-16,19,29-30,32H,9,17-18,20-25H2,(H,36,39)/t29-,30-,32+/m1/s1. The van der Waals surface area contributed by atoms with Crippen molar-refractivity contribution in [1.82, 2.24) is 10.2 Å². The van der Waals surface area contributed by atoms with Crippen molar-refractivity contribution in [2.45, 2.75) is 51.2 Å². The van der Waals surface area contributed by atoms with Gasteiger partial charge in [0.25, 0.3) is 0 Å². The van der Waals surface area contributed by atoms with Gasteiger partial charge in [0.15, 0.2) is 0 Å². The van der Waals surface area contributed by atoms with Crippen molar-refractivity contribution in [1.29, 1.82) is 0 Å². The van der Waals surface area contributed by atoms with Crippen LogP contribution in [0, 0.1) is 11.8 Å². The maximum atomic E-state index is 13.4. The topological polar surface area (TPSA) is 75.7 Å². The van der Waals surface area contributed by atoms with Gasteiger partial charge in [0.1, 0.15) is 6.10 Å². The van der Waals surface area contributed by atoms with E-state index in [9.17, 15) is 14.4 Å².